The number of carboxylic acids is 1. The summed E-state index contributed by atoms with van der Waals surface area (Å²) in [6.07, 6.45) is 2.86. The number of hydrogen-bond acceptors (Lipinski definition) is 3. The molecule has 1 saturated carbocycles. The number of carboxylic acid groups (broad SMARTS) is 1. The second-order valence-corrected chi connectivity index (χ2v) is 6.49. The lowest BCUT2D eigenvalue weighted by atomic mass is 9.96. The van der Waals surface area contributed by atoms with Gasteiger partial charge in [0, 0.05) is 6.04 Å². The average molecular weight is 288 g/mol. The average Bonchev–Trinajstić information content (AvgIpc) is 2.94. The molecular formula is C13H18ClNO2S. The fraction of sp³-hybridized carbons (Fsp3) is 0.615. The Balaban J connectivity index is 1.86. The molecular weight excluding hydrogens is 270 g/mol. The number of halogens is 1. The zero-order valence-electron chi connectivity index (χ0n) is 10.4. The molecule has 0 aromatic carbocycles. The smallest absolute Gasteiger partial charge is 0.306 e. The van der Waals surface area contributed by atoms with E-state index in [-0.39, 0.29) is 17.9 Å². The van der Waals surface area contributed by atoms with Crippen LogP contribution in [0, 0.1) is 11.8 Å². The predicted molar refractivity (Wildman–Crippen MR) is 74.2 cm³/mol. The summed E-state index contributed by atoms with van der Waals surface area (Å²) in [5.74, 6) is -0.555. The maximum atomic E-state index is 11.1. The summed E-state index contributed by atoms with van der Waals surface area (Å²) in [5, 5.41) is 14.6. The molecule has 1 aliphatic rings. The highest BCUT2D eigenvalue weighted by molar-refractivity contribution is 7.14. The lowest BCUT2D eigenvalue weighted by molar-refractivity contribution is -0.142. The Hall–Kier alpha value is -0.580. The van der Waals surface area contributed by atoms with E-state index in [1.165, 1.54) is 16.9 Å². The van der Waals surface area contributed by atoms with Crippen LogP contribution in [0.2, 0.25) is 4.34 Å². The van der Waals surface area contributed by atoms with E-state index >= 15 is 0 Å². The molecule has 3 atom stereocenters. The van der Waals surface area contributed by atoms with Crippen LogP contribution in [0.1, 0.15) is 37.8 Å². The lowest BCUT2D eigenvalue weighted by Gasteiger charge is -2.19. The molecule has 0 aliphatic heterocycles. The van der Waals surface area contributed by atoms with Gasteiger partial charge in [-0.3, -0.25) is 4.79 Å². The molecule has 2 N–H and O–H groups in total. The number of rotatable bonds is 5. The van der Waals surface area contributed by atoms with Crippen LogP contribution in [-0.2, 0) is 4.79 Å². The van der Waals surface area contributed by atoms with Crippen LogP contribution < -0.4 is 5.32 Å². The Bertz CT molecular complexity index is 421. The van der Waals surface area contributed by atoms with Crippen LogP contribution in [0.15, 0.2) is 11.4 Å². The SMILES string of the molecule is CC(NCC1CCCC1C(=O)O)c1csc(Cl)c1. The maximum Gasteiger partial charge on any atom is 0.306 e. The van der Waals surface area contributed by atoms with Crippen LogP contribution >= 0.6 is 22.9 Å². The summed E-state index contributed by atoms with van der Waals surface area (Å²) in [5.41, 5.74) is 1.18. The van der Waals surface area contributed by atoms with Gasteiger partial charge in [-0.1, -0.05) is 18.0 Å². The standard InChI is InChI=1S/C13H18ClNO2S/c1-8(10-5-12(14)18-7-10)15-6-9-3-2-4-11(9)13(16)17/h5,7-9,11,15H,2-4,6H2,1H3,(H,16,17). The van der Waals surface area contributed by atoms with E-state index in [0.717, 1.165) is 30.1 Å². The topological polar surface area (TPSA) is 49.3 Å². The molecule has 100 valence electrons. The molecule has 1 aromatic heterocycles. The van der Waals surface area contributed by atoms with Crippen LogP contribution in [0.25, 0.3) is 0 Å². The van der Waals surface area contributed by atoms with Crippen LogP contribution in [0.4, 0.5) is 0 Å². The minimum Gasteiger partial charge on any atom is -0.481 e. The molecule has 0 saturated heterocycles. The lowest BCUT2D eigenvalue weighted by Crippen LogP contribution is -2.30. The third-order valence-electron chi connectivity index (χ3n) is 3.75. The van der Waals surface area contributed by atoms with Crippen LogP contribution in [0.5, 0.6) is 0 Å². The Morgan fingerprint density at radius 1 is 1.67 bits per heavy atom. The summed E-state index contributed by atoms with van der Waals surface area (Å²) in [6.45, 7) is 2.86. The molecule has 2 rings (SSSR count). The van der Waals surface area contributed by atoms with Crippen molar-refractivity contribution in [2.75, 3.05) is 6.54 Å². The molecule has 0 spiro atoms. The zero-order valence-corrected chi connectivity index (χ0v) is 11.9. The van der Waals surface area contributed by atoms with Gasteiger partial charge in [0.25, 0.3) is 0 Å². The van der Waals surface area contributed by atoms with Gasteiger partial charge in [0.1, 0.15) is 0 Å². The second kappa shape index (κ2) is 6.04. The first-order chi connectivity index (χ1) is 8.58. The monoisotopic (exact) mass is 287 g/mol. The Morgan fingerprint density at radius 3 is 3.06 bits per heavy atom. The third kappa shape index (κ3) is 3.25. The molecule has 0 bridgehead atoms. The number of hydrogen-bond donors (Lipinski definition) is 2. The van der Waals surface area contributed by atoms with E-state index < -0.39 is 5.97 Å². The molecule has 1 fully saturated rings. The summed E-state index contributed by atoms with van der Waals surface area (Å²) in [7, 11) is 0. The second-order valence-electron chi connectivity index (χ2n) is 4.95. The number of carbonyl (C=O) groups is 1. The van der Waals surface area contributed by atoms with Crippen molar-refractivity contribution in [3.8, 4) is 0 Å². The number of thiophene rings is 1. The van der Waals surface area contributed by atoms with Crippen LogP contribution in [-0.4, -0.2) is 17.6 Å². The van der Waals surface area contributed by atoms with Crippen molar-refractivity contribution in [3.05, 3.63) is 21.3 Å². The molecule has 5 heteroatoms. The van der Waals surface area contributed by atoms with Gasteiger partial charge in [0.15, 0.2) is 0 Å². The summed E-state index contributed by atoms with van der Waals surface area (Å²) in [4.78, 5) is 11.1. The summed E-state index contributed by atoms with van der Waals surface area (Å²) < 4.78 is 0.794. The molecule has 3 nitrogen and oxygen atoms in total. The Kier molecular flexibility index (Phi) is 4.65. The minimum atomic E-state index is -0.648. The number of nitrogens with one attached hydrogen (secondary N) is 1. The van der Waals surface area contributed by atoms with E-state index in [0.29, 0.717) is 0 Å². The van der Waals surface area contributed by atoms with Crippen LogP contribution in [0.3, 0.4) is 0 Å². The highest BCUT2D eigenvalue weighted by Crippen LogP contribution is 2.32. The van der Waals surface area contributed by atoms with Crippen molar-refractivity contribution >= 4 is 28.9 Å². The fourth-order valence-corrected chi connectivity index (χ4v) is 3.59. The summed E-state index contributed by atoms with van der Waals surface area (Å²) >= 11 is 7.44. The van der Waals surface area contributed by atoms with Crippen molar-refractivity contribution < 1.29 is 9.90 Å². The van der Waals surface area contributed by atoms with Crippen molar-refractivity contribution in [2.45, 2.75) is 32.2 Å². The highest BCUT2D eigenvalue weighted by atomic mass is 35.5. The summed E-state index contributed by atoms with van der Waals surface area (Å²) in [6, 6.07) is 2.19. The van der Waals surface area contributed by atoms with Gasteiger partial charge in [-0.25, -0.2) is 0 Å². The fourth-order valence-electron chi connectivity index (χ4n) is 2.60. The molecule has 1 aliphatic carbocycles. The van der Waals surface area contributed by atoms with E-state index in [9.17, 15) is 4.79 Å². The largest absolute Gasteiger partial charge is 0.481 e. The van der Waals surface area contributed by atoms with Gasteiger partial charge in [-0.2, -0.15) is 0 Å². The molecule has 0 amide bonds. The molecule has 0 radical (unpaired) electrons. The molecule has 1 aromatic rings. The minimum absolute atomic E-state index is 0.171. The van der Waals surface area contributed by atoms with Crippen molar-refractivity contribution in [3.63, 3.8) is 0 Å². The highest BCUT2D eigenvalue weighted by Gasteiger charge is 2.32. The number of aliphatic carboxylic acids is 1. The van der Waals surface area contributed by atoms with Gasteiger partial charge in [0.05, 0.1) is 10.3 Å². The first-order valence-corrected chi connectivity index (χ1v) is 7.54. The van der Waals surface area contributed by atoms with Gasteiger partial charge in [-0.05, 0) is 49.2 Å². The molecule has 1 heterocycles. The van der Waals surface area contributed by atoms with E-state index in [1.807, 2.05) is 11.4 Å². The predicted octanol–water partition coefficient (Wildman–Crippen LogP) is 3.55. The third-order valence-corrected chi connectivity index (χ3v) is 4.86. The van der Waals surface area contributed by atoms with Gasteiger partial charge in [0.2, 0.25) is 0 Å². The van der Waals surface area contributed by atoms with Crippen molar-refractivity contribution in [1.29, 1.82) is 0 Å². The molecule has 3 unspecified atom stereocenters. The quantitative estimate of drug-likeness (QED) is 0.871. The maximum absolute atomic E-state index is 11.1. The van der Waals surface area contributed by atoms with E-state index in [2.05, 4.69) is 12.2 Å². The van der Waals surface area contributed by atoms with Gasteiger partial charge < -0.3 is 10.4 Å². The van der Waals surface area contributed by atoms with Gasteiger partial charge >= 0.3 is 5.97 Å². The van der Waals surface area contributed by atoms with E-state index in [4.69, 9.17) is 16.7 Å². The van der Waals surface area contributed by atoms with Crippen molar-refractivity contribution in [2.24, 2.45) is 11.8 Å². The van der Waals surface area contributed by atoms with Gasteiger partial charge in [-0.15, -0.1) is 11.3 Å². The Labute approximate surface area is 116 Å². The first kappa shape index (κ1) is 13.8. The Morgan fingerprint density at radius 2 is 2.44 bits per heavy atom. The van der Waals surface area contributed by atoms with E-state index in [1.54, 1.807) is 0 Å². The normalized spacial score (nSPS) is 25.2. The molecule has 18 heavy (non-hydrogen) atoms. The first-order valence-electron chi connectivity index (χ1n) is 6.28. The van der Waals surface area contributed by atoms with Crippen molar-refractivity contribution in [1.82, 2.24) is 5.32 Å². The zero-order chi connectivity index (χ0) is 13.1.